The summed E-state index contributed by atoms with van der Waals surface area (Å²) >= 11 is 0. The quantitative estimate of drug-likeness (QED) is 0.618. The van der Waals surface area contributed by atoms with Crippen LogP contribution in [0.25, 0.3) is 0 Å². The van der Waals surface area contributed by atoms with E-state index in [-0.39, 0.29) is 0 Å². The molecule has 0 heterocycles. The van der Waals surface area contributed by atoms with Gasteiger partial charge in [-0.05, 0) is 73.9 Å². The third-order valence-corrected chi connectivity index (χ3v) is 4.38. The topological polar surface area (TPSA) is 18.5 Å². The number of hydrogen-bond acceptors (Lipinski definition) is 2. The van der Waals surface area contributed by atoms with Gasteiger partial charge in [0, 0.05) is 0 Å². The van der Waals surface area contributed by atoms with Crippen LogP contribution < -0.4 is 9.47 Å². The summed E-state index contributed by atoms with van der Waals surface area (Å²) < 4.78 is 10.8. The first-order valence-corrected chi connectivity index (χ1v) is 8.41. The van der Waals surface area contributed by atoms with Gasteiger partial charge >= 0.3 is 0 Å². The van der Waals surface area contributed by atoms with Gasteiger partial charge in [-0.15, -0.1) is 0 Å². The van der Waals surface area contributed by atoms with E-state index in [0.29, 0.717) is 0 Å². The van der Waals surface area contributed by atoms with E-state index in [9.17, 15) is 0 Å². The van der Waals surface area contributed by atoms with E-state index in [1.165, 1.54) is 41.5 Å². The summed E-state index contributed by atoms with van der Waals surface area (Å²) in [5.41, 5.74) is 5.13. The minimum Gasteiger partial charge on any atom is -0.496 e. The Hall–Kier alpha value is -1.96. The maximum absolute atomic E-state index is 5.39. The second-order valence-electron chi connectivity index (χ2n) is 6.17. The lowest BCUT2D eigenvalue weighted by Crippen LogP contribution is -1.93. The van der Waals surface area contributed by atoms with Crippen LogP contribution in [-0.4, -0.2) is 14.2 Å². The van der Waals surface area contributed by atoms with Crippen LogP contribution in [0.5, 0.6) is 11.5 Å². The first-order valence-electron chi connectivity index (χ1n) is 8.41. The molecule has 0 spiro atoms. The van der Waals surface area contributed by atoms with E-state index in [1.807, 2.05) is 0 Å². The van der Waals surface area contributed by atoms with Crippen molar-refractivity contribution in [3.63, 3.8) is 0 Å². The standard InChI is InChI=1S/C21H28O2/c1-16-10-12-18(14-20(16)22-3)8-6-5-7-9-19-13-11-17(2)21(15-19)23-4/h10-15H,5-9H2,1-4H3. The van der Waals surface area contributed by atoms with Crippen LogP contribution in [0.2, 0.25) is 0 Å². The Morgan fingerprint density at radius 1 is 0.652 bits per heavy atom. The fourth-order valence-electron chi connectivity index (χ4n) is 2.87. The van der Waals surface area contributed by atoms with Gasteiger partial charge in [0.1, 0.15) is 11.5 Å². The Morgan fingerprint density at radius 3 is 1.48 bits per heavy atom. The first kappa shape index (κ1) is 17.4. The SMILES string of the molecule is COc1cc(CCCCCc2ccc(C)c(OC)c2)ccc1C. The number of aryl methyl sites for hydroxylation is 4. The lowest BCUT2D eigenvalue weighted by Gasteiger charge is -2.09. The zero-order chi connectivity index (χ0) is 16.7. The maximum Gasteiger partial charge on any atom is 0.122 e. The van der Waals surface area contributed by atoms with Gasteiger partial charge in [0.2, 0.25) is 0 Å². The summed E-state index contributed by atoms with van der Waals surface area (Å²) in [5.74, 6) is 1.99. The molecule has 0 amide bonds. The van der Waals surface area contributed by atoms with Crippen molar-refractivity contribution in [1.29, 1.82) is 0 Å². The Bertz CT molecular complexity index is 576. The van der Waals surface area contributed by atoms with Crippen LogP contribution in [0.1, 0.15) is 41.5 Å². The Morgan fingerprint density at radius 2 is 1.09 bits per heavy atom. The minimum absolute atomic E-state index is 0.995. The summed E-state index contributed by atoms with van der Waals surface area (Å²) in [6, 6.07) is 13.0. The van der Waals surface area contributed by atoms with Crippen LogP contribution in [0.4, 0.5) is 0 Å². The summed E-state index contributed by atoms with van der Waals surface area (Å²) in [7, 11) is 3.48. The smallest absolute Gasteiger partial charge is 0.122 e. The van der Waals surface area contributed by atoms with E-state index in [1.54, 1.807) is 14.2 Å². The number of methoxy groups -OCH3 is 2. The highest BCUT2D eigenvalue weighted by Gasteiger charge is 2.02. The molecule has 0 fully saturated rings. The first-order chi connectivity index (χ1) is 11.1. The Kier molecular flexibility index (Phi) is 6.52. The van der Waals surface area contributed by atoms with Crippen LogP contribution in [0, 0.1) is 13.8 Å². The molecule has 0 unspecified atom stereocenters. The third-order valence-electron chi connectivity index (χ3n) is 4.38. The third kappa shape index (κ3) is 5.02. The summed E-state index contributed by atoms with van der Waals surface area (Å²) in [4.78, 5) is 0. The summed E-state index contributed by atoms with van der Waals surface area (Å²) in [6.45, 7) is 4.16. The van der Waals surface area contributed by atoms with Gasteiger partial charge in [-0.2, -0.15) is 0 Å². The molecule has 0 saturated carbocycles. The lowest BCUT2D eigenvalue weighted by atomic mass is 10.0. The van der Waals surface area contributed by atoms with Gasteiger partial charge < -0.3 is 9.47 Å². The molecule has 0 bridgehead atoms. The van der Waals surface area contributed by atoms with Crippen molar-refractivity contribution in [3.8, 4) is 11.5 Å². The van der Waals surface area contributed by atoms with E-state index in [2.05, 4.69) is 50.2 Å². The van der Waals surface area contributed by atoms with Crippen molar-refractivity contribution in [2.45, 2.75) is 46.0 Å². The van der Waals surface area contributed by atoms with E-state index < -0.39 is 0 Å². The molecule has 2 nitrogen and oxygen atoms in total. The fraction of sp³-hybridized carbons (Fsp3) is 0.429. The van der Waals surface area contributed by atoms with Crippen molar-refractivity contribution in [3.05, 3.63) is 58.7 Å². The van der Waals surface area contributed by atoms with Gasteiger partial charge in [-0.25, -0.2) is 0 Å². The molecule has 2 rings (SSSR count). The number of rotatable bonds is 8. The van der Waals surface area contributed by atoms with Gasteiger partial charge in [-0.1, -0.05) is 30.7 Å². The van der Waals surface area contributed by atoms with Crippen LogP contribution in [-0.2, 0) is 12.8 Å². The van der Waals surface area contributed by atoms with Crippen molar-refractivity contribution in [2.75, 3.05) is 14.2 Å². The molecule has 0 atom stereocenters. The van der Waals surface area contributed by atoms with Crippen molar-refractivity contribution in [2.24, 2.45) is 0 Å². The fourth-order valence-corrected chi connectivity index (χ4v) is 2.87. The van der Waals surface area contributed by atoms with Crippen LogP contribution >= 0.6 is 0 Å². The predicted molar refractivity (Wildman–Crippen MR) is 96.7 cm³/mol. The molecule has 124 valence electrons. The molecular formula is C21H28O2. The Labute approximate surface area is 140 Å². The molecular weight excluding hydrogens is 284 g/mol. The van der Waals surface area contributed by atoms with Crippen molar-refractivity contribution < 1.29 is 9.47 Å². The van der Waals surface area contributed by atoms with E-state index in [4.69, 9.17) is 9.47 Å². The zero-order valence-electron chi connectivity index (χ0n) is 14.8. The van der Waals surface area contributed by atoms with Gasteiger partial charge in [-0.3, -0.25) is 0 Å². The predicted octanol–water partition coefficient (Wildman–Crippen LogP) is 5.28. The summed E-state index contributed by atoms with van der Waals surface area (Å²) in [6.07, 6.45) is 5.92. The average Bonchev–Trinajstić information content (AvgIpc) is 2.57. The Balaban J connectivity index is 1.75. The molecule has 2 aromatic rings. The molecule has 0 saturated heterocycles. The largest absolute Gasteiger partial charge is 0.496 e. The van der Waals surface area contributed by atoms with Crippen LogP contribution in [0.3, 0.4) is 0 Å². The van der Waals surface area contributed by atoms with Crippen molar-refractivity contribution in [1.82, 2.24) is 0 Å². The minimum atomic E-state index is 0.995. The lowest BCUT2D eigenvalue weighted by molar-refractivity contribution is 0.411. The molecule has 2 aromatic carbocycles. The molecule has 0 aliphatic carbocycles. The normalized spacial score (nSPS) is 10.6. The van der Waals surface area contributed by atoms with Gasteiger partial charge in [0.05, 0.1) is 14.2 Å². The molecule has 0 radical (unpaired) electrons. The van der Waals surface area contributed by atoms with Gasteiger partial charge in [0.15, 0.2) is 0 Å². The number of ether oxygens (including phenoxy) is 2. The second kappa shape index (κ2) is 8.61. The molecule has 23 heavy (non-hydrogen) atoms. The highest BCUT2D eigenvalue weighted by molar-refractivity contribution is 5.37. The number of unbranched alkanes of at least 4 members (excludes halogenated alkanes) is 2. The van der Waals surface area contributed by atoms with E-state index >= 15 is 0 Å². The average molecular weight is 312 g/mol. The number of benzene rings is 2. The molecule has 0 aliphatic rings. The monoisotopic (exact) mass is 312 g/mol. The molecule has 0 N–H and O–H groups in total. The van der Waals surface area contributed by atoms with E-state index in [0.717, 1.165) is 24.3 Å². The molecule has 0 aliphatic heterocycles. The summed E-state index contributed by atoms with van der Waals surface area (Å²) in [5, 5.41) is 0. The van der Waals surface area contributed by atoms with Crippen molar-refractivity contribution >= 4 is 0 Å². The zero-order valence-corrected chi connectivity index (χ0v) is 14.8. The number of hydrogen-bond donors (Lipinski definition) is 0. The van der Waals surface area contributed by atoms with Crippen LogP contribution in [0.15, 0.2) is 36.4 Å². The highest BCUT2D eigenvalue weighted by Crippen LogP contribution is 2.22. The molecule has 0 aromatic heterocycles. The maximum atomic E-state index is 5.39. The van der Waals surface area contributed by atoms with Gasteiger partial charge in [0.25, 0.3) is 0 Å². The highest BCUT2D eigenvalue weighted by atomic mass is 16.5. The molecule has 2 heteroatoms. The second-order valence-corrected chi connectivity index (χ2v) is 6.17.